The Kier molecular flexibility index (Phi) is 3.37. The summed E-state index contributed by atoms with van der Waals surface area (Å²) in [6, 6.07) is 0.0597. The number of hydrogen-bond donors (Lipinski definition) is 2. The number of carboxylic acids is 1. The second kappa shape index (κ2) is 4.21. The van der Waals surface area contributed by atoms with Crippen LogP contribution < -0.4 is 5.32 Å². The van der Waals surface area contributed by atoms with Crippen molar-refractivity contribution in [3.63, 3.8) is 0 Å². The summed E-state index contributed by atoms with van der Waals surface area (Å²) in [5.74, 6) is -0.992. The van der Waals surface area contributed by atoms with Crippen LogP contribution in [0, 0.1) is 11.3 Å². The summed E-state index contributed by atoms with van der Waals surface area (Å²) in [6.07, 6.45) is 1.93. The van der Waals surface area contributed by atoms with Crippen LogP contribution in [-0.4, -0.2) is 23.0 Å². The van der Waals surface area contributed by atoms with E-state index in [2.05, 4.69) is 5.32 Å². The van der Waals surface area contributed by atoms with Gasteiger partial charge in [-0.3, -0.25) is 9.59 Å². The molecule has 1 amide bonds. The monoisotopic (exact) mass is 213 g/mol. The van der Waals surface area contributed by atoms with Crippen molar-refractivity contribution in [3.8, 4) is 0 Å². The molecule has 1 fully saturated rings. The summed E-state index contributed by atoms with van der Waals surface area (Å²) < 4.78 is 0. The smallest absolute Gasteiger partial charge is 0.306 e. The first kappa shape index (κ1) is 12.0. The summed E-state index contributed by atoms with van der Waals surface area (Å²) in [4.78, 5) is 22.3. The standard InChI is InChI=1S/C11H19NO3/c1-4-11(2,3)10(15)12-8-5-7(6-8)9(13)14/h7-8H,4-6H2,1-3H3,(H,12,15)(H,13,14). The maximum Gasteiger partial charge on any atom is 0.306 e. The Labute approximate surface area is 90.0 Å². The van der Waals surface area contributed by atoms with Crippen molar-refractivity contribution in [2.75, 3.05) is 0 Å². The van der Waals surface area contributed by atoms with Gasteiger partial charge in [0.1, 0.15) is 0 Å². The number of aliphatic carboxylic acids is 1. The number of carbonyl (C=O) groups excluding carboxylic acids is 1. The topological polar surface area (TPSA) is 66.4 Å². The number of carbonyl (C=O) groups is 2. The summed E-state index contributed by atoms with van der Waals surface area (Å²) >= 11 is 0. The molecule has 0 saturated heterocycles. The van der Waals surface area contributed by atoms with E-state index in [1.165, 1.54) is 0 Å². The Balaban J connectivity index is 2.34. The maximum atomic E-state index is 11.7. The molecule has 0 radical (unpaired) electrons. The molecule has 0 aromatic carbocycles. The number of carboxylic acid groups (broad SMARTS) is 1. The van der Waals surface area contributed by atoms with Gasteiger partial charge in [0.25, 0.3) is 0 Å². The third-order valence-corrected chi connectivity index (χ3v) is 3.32. The lowest BCUT2D eigenvalue weighted by Gasteiger charge is -2.35. The number of amides is 1. The highest BCUT2D eigenvalue weighted by atomic mass is 16.4. The van der Waals surface area contributed by atoms with Gasteiger partial charge in [0, 0.05) is 11.5 Å². The normalized spacial score (nSPS) is 25.5. The van der Waals surface area contributed by atoms with Gasteiger partial charge < -0.3 is 10.4 Å². The van der Waals surface area contributed by atoms with Crippen LogP contribution >= 0.6 is 0 Å². The van der Waals surface area contributed by atoms with Crippen LogP contribution in [0.25, 0.3) is 0 Å². The average molecular weight is 213 g/mol. The summed E-state index contributed by atoms with van der Waals surface area (Å²) in [6.45, 7) is 5.77. The molecule has 0 spiro atoms. The van der Waals surface area contributed by atoms with Crippen molar-refractivity contribution < 1.29 is 14.7 Å². The molecular weight excluding hydrogens is 194 g/mol. The fraction of sp³-hybridized carbons (Fsp3) is 0.818. The summed E-state index contributed by atoms with van der Waals surface area (Å²) in [7, 11) is 0. The van der Waals surface area contributed by atoms with E-state index in [1.54, 1.807) is 0 Å². The first-order valence-electron chi connectivity index (χ1n) is 5.40. The molecule has 0 aromatic rings. The molecule has 4 heteroatoms. The molecule has 4 nitrogen and oxygen atoms in total. The van der Waals surface area contributed by atoms with Crippen molar-refractivity contribution in [3.05, 3.63) is 0 Å². The molecular formula is C11H19NO3. The zero-order valence-corrected chi connectivity index (χ0v) is 9.54. The zero-order valence-electron chi connectivity index (χ0n) is 9.54. The second-order valence-electron chi connectivity index (χ2n) is 4.91. The highest BCUT2D eigenvalue weighted by molar-refractivity contribution is 5.82. The molecule has 0 bridgehead atoms. The molecule has 0 heterocycles. The number of hydrogen-bond acceptors (Lipinski definition) is 2. The van der Waals surface area contributed by atoms with Crippen LogP contribution in [-0.2, 0) is 9.59 Å². The number of nitrogens with one attached hydrogen (secondary N) is 1. The van der Waals surface area contributed by atoms with Crippen LogP contribution in [0.5, 0.6) is 0 Å². The SMILES string of the molecule is CCC(C)(C)C(=O)NC1CC(C(=O)O)C1. The van der Waals surface area contributed by atoms with Gasteiger partial charge in [-0.1, -0.05) is 20.8 Å². The van der Waals surface area contributed by atoms with Crippen molar-refractivity contribution in [1.29, 1.82) is 0 Å². The summed E-state index contributed by atoms with van der Waals surface area (Å²) in [5.41, 5.74) is -0.353. The molecule has 15 heavy (non-hydrogen) atoms. The molecule has 1 rings (SSSR count). The van der Waals surface area contributed by atoms with Crippen LogP contribution in [0.1, 0.15) is 40.0 Å². The van der Waals surface area contributed by atoms with Gasteiger partial charge in [-0.25, -0.2) is 0 Å². The highest BCUT2D eigenvalue weighted by Gasteiger charge is 2.37. The van der Waals surface area contributed by atoms with Gasteiger partial charge in [-0.2, -0.15) is 0 Å². The van der Waals surface area contributed by atoms with Crippen LogP contribution in [0.3, 0.4) is 0 Å². The molecule has 1 aliphatic rings. The van der Waals surface area contributed by atoms with E-state index in [-0.39, 0.29) is 23.3 Å². The lowest BCUT2D eigenvalue weighted by Crippen LogP contribution is -2.50. The van der Waals surface area contributed by atoms with E-state index in [0.29, 0.717) is 12.8 Å². The molecule has 86 valence electrons. The minimum atomic E-state index is -0.754. The highest BCUT2D eigenvalue weighted by Crippen LogP contribution is 2.29. The predicted octanol–water partition coefficient (Wildman–Crippen LogP) is 1.40. The molecule has 1 aliphatic carbocycles. The Morgan fingerprint density at radius 3 is 2.33 bits per heavy atom. The van der Waals surface area contributed by atoms with E-state index in [4.69, 9.17) is 5.11 Å². The van der Waals surface area contributed by atoms with Gasteiger partial charge in [0.05, 0.1) is 5.92 Å². The quantitative estimate of drug-likeness (QED) is 0.741. The molecule has 0 aliphatic heterocycles. The largest absolute Gasteiger partial charge is 0.481 e. The van der Waals surface area contributed by atoms with Gasteiger partial charge in [0.15, 0.2) is 0 Å². The number of rotatable bonds is 4. The van der Waals surface area contributed by atoms with E-state index in [0.717, 1.165) is 6.42 Å². The fourth-order valence-corrected chi connectivity index (χ4v) is 1.48. The first-order chi connectivity index (χ1) is 6.86. The van der Waals surface area contributed by atoms with Crippen LogP contribution in [0.4, 0.5) is 0 Å². The minimum absolute atomic E-state index is 0.0267. The fourth-order valence-electron chi connectivity index (χ4n) is 1.48. The van der Waals surface area contributed by atoms with Crippen molar-refractivity contribution >= 4 is 11.9 Å². The Morgan fingerprint density at radius 1 is 1.40 bits per heavy atom. The van der Waals surface area contributed by atoms with Gasteiger partial charge >= 0.3 is 5.97 Å². The van der Waals surface area contributed by atoms with Crippen molar-refractivity contribution in [2.45, 2.75) is 46.1 Å². The molecule has 0 aromatic heterocycles. The Hall–Kier alpha value is -1.06. The lowest BCUT2D eigenvalue weighted by molar-refractivity contribution is -0.146. The van der Waals surface area contributed by atoms with Crippen LogP contribution in [0.15, 0.2) is 0 Å². The van der Waals surface area contributed by atoms with E-state index >= 15 is 0 Å². The maximum absolute atomic E-state index is 11.7. The lowest BCUT2D eigenvalue weighted by atomic mass is 9.79. The molecule has 0 unspecified atom stereocenters. The molecule has 1 saturated carbocycles. The van der Waals surface area contributed by atoms with Gasteiger partial charge in [-0.15, -0.1) is 0 Å². The van der Waals surface area contributed by atoms with E-state index in [9.17, 15) is 9.59 Å². The Morgan fingerprint density at radius 2 is 1.93 bits per heavy atom. The van der Waals surface area contributed by atoms with Gasteiger partial charge in [0.2, 0.25) is 5.91 Å². The average Bonchev–Trinajstić information content (AvgIpc) is 2.09. The van der Waals surface area contributed by atoms with Gasteiger partial charge in [-0.05, 0) is 19.3 Å². The van der Waals surface area contributed by atoms with Crippen LogP contribution in [0.2, 0.25) is 0 Å². The second-order valence-corrected chi connectivity index (χ2v) is 4.91. The van der Waals surface area contributed by atoms with E-state index in [1.807, 2.05) is 20.8 Å². The minimum Gasteiger partial charge on any atom is -0.481 e. The van der Waals surface area contributed by atoms with E-state index < -0.39 is 5.97 Å². The predicted molar refractivity (Wildman–Crippen MR) is 56.4 cm³/mol. The first-order valence-corrected chi connectivity index (χ1v) is 5.40. The Bertz CT molecular complexity index is 267. The molecule has 0 atom stereocenters. The third-order valence-electron chi connectivity index (χ3n) is 3.32. The molecule has 2 N–H and O–H groups in total. The van der Waals surface area contributed by atoms with Crippen molar-refractivity contribution in [2.24, 2.45) is 11.3 Å². The van der Waals surface area contributed by atoms with Crippen molar-refractivity contribution in [1.82, 2.24) is 5.32 Å². The third kappa shape index (κ3) is 2.70. The zero-order chi connectivity index (χ0) is 11.6. The summed E-state index contributed by atoms with van der Waals surface area (Å²) in [5, 5.41) is 11.6.